The van der Waals surface area contributed by atoms with Crippen molar-refractivity contribution in [1.29, 1.82) is 0 Å². The number of rotatable bonds is 9. The maximum absolute atomic E-state index is 12.3. The van der Waals surface area contributed by atoms with E-state index < -0.39 is 0 Å². The smallest absolute Gasteiger partial charge is 0.220 e. The maximum Gasteiger partial charge on any atom is 0.220 e. The van der Waals surface area contributed by atoms with Gasteiger partial charge in [-0.15, -0.1) is 12.4 Å². The molecular weight excluding hydrogens is 398 g/mol. The Hall–Kier alpha value is -1.89. The molecule has 30 heavy (non-hydrogen) atoms. The predicted octanol–water partition coefficient (Wildman–Crippen LogP) is 2.62. The number of amides is 1. The second-order valence-corrected chi connectivity index (χ2v) is 8.09. The summed E-state index contributed by atoms with van der Waals surface area (Å²) < 4.78 is 2.06. The van der Waals surface area contributed by atoms with Crippen molar-refractivity contribution in [2.75, 3.05) is 39.3 Å². The summed E-state index contributed by atoms with van der Waals surface area (Å²) in [6, 6.07) is 8.57. The van der Waals surface area contributed by atoms with Crippen molar-refractivity contribution in [2.24, 2.45) is 0 Å². The Balaban J connectivity index is 0.00000320. The van der Waals surface area contributed by atoms with Crippen molar-refractivity contribution in [1.82, 2.24) is 25.3 Å². The lowest BCUT2D eigenvalue weighted by Gasteiger charge is -2.27. The van der Waals surface area contributed by atoms with Crippen molar-refractivity contribution >= 4 is 18.3 Å². The van der Waals surface area contributed by atoms with Crippen LogP contribution in [0.2, 0.25) is 0 Å². The van der Waals surface area contributed by atoms with Crippen molar-refractivity contribution in [3.8, 4) is 0 Å². The highest BCUT2D eigenvalue weighted by Crippen LogP contribution is 2.17. The number of halogens is 1. The van der Waals surface area contributed by atoms with E-state index in [2.05, 4.69) is 58.3 Å². The first-order valence-corrected chi connectivity index (χ1v) is 10.8. The van der Waals surface area contributed by atoms with Crippen LogP contribution >= 0.6 is 12.4 Å². The van der Waals surface area contributed by atoms with Crippen LogP contribution in [0.15, 0.2) is 24.3 Å². The van der Waals surface area contributed by atoms with E-state index in [9.17, 15) is 4.79 Å². The molecule has 1 aromatic carbocycles. The van der Waals surface area contributed by atoms with Crippen LogP contribution in [0.3, 0.4) is 0 Å². The Morgan fingerprint density at radius 2 is 1.83 bits per heavy atom. The van der Waals surface area contributed by atoms with Gasteiger partial charge < -0.3 is 15.5 Å². The van der Waals surface area contributed by atoms with Gasteiger partial charge in [-0.1, -0.05) is 29.8 Å². The molecule has 7 heteroatoms. The number of hydrogen-bond donors (Lipinski definition) is 2. The molecule has 166 valence electrons. The molecule has 1 aromatic heterocycles. The molecule has 1 saturated heterocycles. The minimum absolute atomic E-state index is 0. The van der Waals surface area contributed by atoms with Crippen LogP contribution in [0.5, 0.6) is 0 Å². The normalized spacial score (nSPS) is 14.4. The van der Waals surface area contributed by atoms with Crippen LogP contribution in [-0.4, -0.2) is 59.9 Å². The number of aryl methyl sites for hydroxylation is 2. The Labute approximate surface area is 186 Å². The summed E-state index contributed by atoms with van der Waals surface area (Å²) in [7, 11) is 0. The van der Waals surface area contributed by atoms with Gasteiger partial charge in [0.2, 0.25) is 5.91 Å². The highest BCUT2D eigenvalue weighted by Gasteiger charge is 2.14. The molecule has 0 aliphatic carbocycles. The van der Waals surface area contributed by atoms with Gasteiger partial charge in [0, 0.05) is 44.8 Å². The topological polar surface area (TPSA) is 62.2 Å². The second-order valence-electron chi connectivity index (χ2n) is 8.09. The van der Waals surface area contributed by atoms with Crippen molar-refractivity contribution in [3.63, 3.8) is 0 Å². The number of nitrogens with zero attached hydrogens (tertiary/aromatic N) is 3. The largest absolute Gasteiger partial charge is 0.356 e. The lowest BCUT2D eigenvalue weighted by atomic mass is 10.1. The number of hydrogen-bond acceptors (Lipinski definition) is 4. The summed E-state index contributed by atoms with van der Waals surface area (Å²) in [5.41, 5.74) is 5.90. The zero-order valence-electron chi connectivity index (χ0n) is 18.5. The zero-order chi connectivity index (χ0) is 20.6. The van der Waals surface area contributed by atoms with E-state index in [-0.39, 0.29) is 18.3 Å². The molecule has 0 unspecified atom stereocenters. The van der Waals surface area contributed by atoms with Crippen molar-refractivity contribution < 1.29 is 4.79 Å². The predicted molar refractivity (Wildman–Crippen MR) is 124 cm³/mol. The van der Waals surface area contributed by atoms with Crippen LogP contribution in [0.1, 0.15) is 40.9 Å². The van der Waals surface area contributed by atoms with E-state index in [0.29, 0.717) is 6.42 Å². The molecule has 0 spiro atoms. The van der Waals surface area contributed by atoms with Gasteiger partial charge in [-0.3, -0.25) is 9.48 Å². The Morgan fingerprint density at radius 1 is 1.13 bits per heavy atom. The Bertz CT molecular complexity index is 797. The minimum Gasteiger partial charge on any atom is -0.356 e. The molecule has 1 aliphatic rings. The molecule has 1 aliphatic heterocycles. The average Bonchev–Trinajstić information content (AvgIpc) is 2.99. The van der Waals surface area contributed by atoms with Gasteiger partial charge in [0.05, 0.1) is 12.2 Å². The first-order chi connectivity index (χ1) is 14.0. The van der Waals surface area contributed by atoms with E-state index in [1.54, 1.807) is 0 Å². The third kappa shape index (κ3) is 7.11. The highest BCUT2D eigenvalue weighted by atomic mass is 35.5. The molecule has 6 nitrogen and oxygen atoms in total. The third-order valence-corrected chi connectivity index (χ3v) is 5.77. The van der Waals surface area contributed by atoms with Gasteiger partial charge >= 0.3 is 0 Å². The number of nitrogens with one attached hydrogen (secondary N) is 2. The summed E-state index contributed by atoms with van der Waals surface area (Å²) in [5.74, 6) is 0.135. The van der Waals surface area contributed by atoms with E-state index >= 15 is 0 Å². The molecule has 1 amide bonds. The molecular formula is C23H36ClN5O. The average molecular weight is 434 g/mol. The van der Waals surface area contributed by atoms with Gasteiger partial charge in [0.1, 0.15) is 0 Å². The first-order valence-electron chi connectivity index (χ1n) is 10.8. The molecule has 0 bridgehead atoms. The molecule has 1 fully saturated rings. The SMILES string of the molecule is Cc1ccc(Cn2nc(C)c(CCC(=O)NCCCN3CCNCC3)c2C)cc1.Cl. The fourth-order valence-electron chi connectivity index (χ4n) is 3.91. The lowest BCUT2D eigenvalue weighted by Crippen LogP contribution is -2.44. The van der Waals surface area contributed by atoms with E-state index in [0.717, 1.165) is 70.0 Å². The number of carbonyl (C=O) groups is 1. The maximum atomic E-state index is 12.3. The number of carbonyl (C=O) groups excluding carboxylic acids is 1. The summed E-state index contributed by atoms with van der Waals surface area (Å²) >= 11 is 0. The zero-order valence-corrected chi connectivity index (χ0v) is 19.4. The number of piperazine rings is 1. The van der Waals surface area contributed by atoms with Crippen LogP contribution in [-0.2, 0) is 17.8 Å². The fraction of sp³-hybridized carbons (Fsp3) is 0.565. The second kappa shape index (κ2) is 12.1. The Morgan fingerprint density at radius 3 is 2.53 bits per heavy atom. The molecule has 2 N–H and O–H groups in total. The fourth-order valence-corrected chi connectivity index (χ4v) is 3.91. The van der Waals surface area contributed by atoms with Gasteiger partial charge in [-0.25, -0.2) is 0 Å². The molecule has 0 radical (unpaired) electrons. The van der Waals surface area contributed by atoms with E-state index in [1.807, 2.05) is 6.92 Å². The number of aromatic nitrogens is 2. The van der Waals surface area contributed by atoms with Gasteiger partial charge in [0.25, 0.3) is 0 Å². The molecule has 2 heterocycles. The van der Waals surface area contributed by atoms with Crippen LogP contribution in [0, 0.1) is 20.8 Å². The van der Waals surface area contributed by atoms with Crippen LogP contribution in [0.4, 0.5) is 0 Å². The summed E-state index contributed by atoms with van der Waals surface area (Å²) in [6.07, 6.45) is 2.28. The van der Waals surface area contributed by atoms with Crippen molar-refractivity contribution in [3.05, 3.63) is 52.3 Å². The minimum atomic E-state index is 0. The molecule has 0 atom stereocenters. The Kier molecular flexibility index (Phi) is 9.82. The molecule has 0 saturated carbocycles. The van der Waals surface area contributed by atoms with Crippen LogP contribution in [0.25, 0.3) is 0 Å². The quantitative estimate of drug-likeness (QED) is 0.597. The van der Waals surface area contributed by atoms with Crippen molar-refractivity contribution in [2.45, 2.75) is 46.6 Å². The monoisotopic (exact) mass is 433 g/mol. The summed E-state index contributed by atoms with van der Waals surface area (Å²) in [6.45, 7) is 13.2. The highest BCUT2D eigenvalue weighted by molar-refractivity contribution is 5.85. The lowest BCUT2D eigenvalue weighted by molar-refractivity contribution is -0.121. The van der Waals surface area contributed by atoms with E-state index in [1.165, 1.54) is 16.7 Å². The van der Waals surface area contributed by atoms with E-state index in [4.69, 9.17) is 5.10 Å². The molecule has 3 rings (SSSR count). The summed E-state index contributed by atoms with van der Waals surface area (Å²) in [5, 5.41) is 11.1. The summed E-state index contributed by atoms with van der Waals surface area (Å²) in [4.78, 5) is 14.7. The van der Waals surface area contributed by atoms with Gasteiger partial charge in [0.15, 0.2) is 0 Å². The van der Waals surface area contributed by atoms with Gasteiger partial charge in [-0.05, 0) is 51.3 Å². The van der Waals surface area contributed by atoms with Gasteiger partial charge in [-0.2, -0.15) is 5.10 Å². The third-order valence-electron chi connectivity index (χ3n) is 5.77. The molecule has 2 aromatic rings. The number of benzene rings is 1. The van der Waals surface area contributed by atoms with Crippen LogP contribution < -0.4 is 10.6 Å². The first kappa shape index (κ1) is 24.4. The standard InChI is InChI=1S/C23H35N5O.ClH/c1-18-5-7-21(8-6-18)17-28-20(3)22(19(2)26-28)9-10-23(29)25-11-4-14-27-15-12-24-13-16-27;/h5-8,24H,4,9-17H2,1-3H3,(H,25,29);1H.